The van der Waals surface area contributed by atoms with Gasteiger partial charge in [-0.05, 0) is 24.6 Å². The number of piperazine rings is 1. The first-order valence-corrected chi connectivity index (χ1v) is 10.1. The molecule has 0 aromatic heterocycles. The van der Waals surface area contributed by atoms with Gasteiger partial charge in [-0.25, -0.2) is 0 Å². The maximum absolute atomic E-state index is 13.0. The van der Waals surface area contributed by atoms with Crippen molar-refractivity contribution >= 4 is 17.7 Å². The van der Waals surface area contributed by atoms with Gasteiger partial charge in [0, 0.05) is 42.9 Å². The normalized spacial score (nSPS) is 23.2. The molecule has 2 unspecified atom stereocenters. The zero-order valence-corrected chi connectivity index (χ0v) is 15.8. The number of thioether (sulfide) groups is 1. The quantitative estimate of drug-likeness (QED) is 0.832. The molecule has 2 atom stereocenters. The van der Waals surface area contributed by atoms with Gasteiger partial charge < -0.3 is 9.64 Å². The lowest BCUT2D eigenvalue weighted by Gasteiger charge is -2.41. The smallest absolute Gasteiger partial charge is 0.264 e. The van der Waals surface area contributed by atoms with Gasteiger partial charge in [0.25, 0.3) is 5.91 Å². The molecule has 1 saturated heterocycles. The molecule has 0 bridgehead atoms. The van der Waals surface area contributed by atoms with E-state index in [0.29, 0.717) is 5.75 Å². The van der Waals surface area contributed by atoms with Gasteiger partial charge in [-0.1, -0.05) is 42.5 Å². The predicted octanol–water partition coefficient (Wildman–Crippen LogP) is 3.27. The van der Waals surface area contributed by atoms with Crippen molar-refractivity contribution in [1.82, 2.24) is 9.80 Å². The number of carbonyl (C=O) groups is 1. The minimum atomic E-state index is -0.377. The summed E-state index contributed by atoms with van der Waals surface area (Å²) in [6, 6.07) is 18.7. The first-order chi connectivity index (χ1) is 12.7. The molecule has 136 valence electrons. The van der Waals surface area contributed by atoms with E-state index >= 15 is 0 Å². The van der Waals surface area contributed by atoms with Crippen LogP contribution in [0.3, 0.4) is 0 Å². The van der Waals surface area contributed by atoms with Crippen molar-refractivity contribution in [3.63, 3.8) is 0 Å². The Labute approximate surface area is 159 Å². The van der Waals surface area contributed by atoms with Crippen molar-refractivity contribution in [1.29, 1.82) is 0 Å². The Hall–Kier alpha value is -1.98. The third-order valence-corrected chi connectivity index (χ3v) is 6.15. The van der Waals surface area contributed by atoms with Crippen LogP contribution in [0, 0.1) is 0 Å². The number of rotatable bonds is 3. The van der Waals surface area contributed by atoms with E-state index in [9.17, 15) is 4.79 Å². The molecule has 1 amide bonds. The average molecular weight is 369 g/mol. The van der Waals surface area contributed by atoms with Gasteiger partial charge in [-0.15, -0.1) is 11.8 Å². The van der Waals surface area contributed by atoms with E-state index in [2.05, 4.69) is 36.1 Å². The van der Waals surface area contributed by atoms with Crippen LogP contribution in [0.2, 0.25) is 0 Å². The maximum atomic E-state index is 13.0. The fraction of sp³-hybridized carbons (Fsp3) is 0.381. The molecule has 0 spiro atoms. The van der Waals surface area contributed by atoms with Crippen molar-refractivity contribution in [3.8, 4) is 5.75 Å². The number of hydrogen-bond donors (Lipinski definition) is 0. The highest BCUT2D eigenvalue weighted by Crippen LogP contribution is 2.35. The highest BCUT2D eigenvalue weighted by atomic mass is 32.2. The van der Waals surface area contributed by atoms with E-state index in [4.69, 9.17) is 4.74 Å². The van der Waals surface area contributed by atoms with Gasteiger partial charge in [0.15, 0.2) is 6.10 Å². The zero-order chi connectivity index (χ0) is 17.9. The second-order valence-electron chi connectivity index (χ2n) is 6.97. The number of amides is 1. The fourth-order valence-electron chi connectivity index (χ4n) is 3.67. The Bertz CT molecular complexity index is 768. The van der Waals surface area contributed by atoms with Crippen LogP contribution in [-0.4, -0.2) is 53.2 Å². The number of nitrogens with zero attached hydrogens (tertiary/aromatic N) is 2. The number of benzene rings is 2. The van der Waals surface area contributed by atoms with Gasteiger partial charge in [-0.2, -0.15) is 0 Å². The maximum Gasteiger partial charge on any atom is 0.264 e. The Morgan fingerprint density at radius 2 is 1.88 bits per heavy atom. The van der Waals surface area contributed by atoms with Crippen LogP contribution in [0.25, 0.3) is 0 Å². The van der Waals surface area contributed by atoms with Crippen molar-refractivity contribution in [3.05, 3.63) is 60.2 Å². The van der Waals surface area contributed by atoms with Crippen LogP contribution in [-0.2, 0) is 11.3 Å². The Morgan fingerprint density at radius 3 is 2.69 bits per heavy atom. The van der Waals surface area contributed by atoms with Crippen LogP contribution in [0.4, 0.5) is 0 Å². The molecule has 2 aromatic carbocycles. The molecule has 0 saturated carbocycles. The Kier molecular flexibility index (Phi) is 5.18. The number of fused-ring (bicyclic) bond motifs is 1. The summed E-state index contributed by atoms with van der Waals surface area (Å²) >= 11 is 1.71. The lowest BCUT2D eigenvalue weighted by atomic mass is 10.1. The van der Waals surface area contributed by atoms with Crippen molar-refractivity contribution < 1.29 is 9.53 Å². The molecule has 2 heterocycles. The first kappa shape index (κ1) is 17.4. The zero-order valence-electron chi connectivity index (χ0n) is 15.0. The summed E-state index contributed by atoms with van der Waals surface area (Å²) in [5, 5.41) is 0. The van der Waals surface area contributed by atoms with Gasteiger partial charge >= 0.3 is 0 Å². The number of para-hydroxylation sites is 1. The summed E-state index contributed by atoms with van der Waals surface area (Å²) in [6.45, 7) is 5.65. The van der Waals surface area contributed by atoms with Crippen LogP contribution in [0.5, 0.6) is 5.75 Å². The van der Waals surface area contributed by atoms with E-state index in [1.54, 1.807) is 11.8 Å². The van der Waals surface area contributed by atoms with E-state index in [1.807, 2.05) is 35.2 Å². The molecular weight excluding hydrogens is 344 g/mol. The topological polar surface area (TPSA) is 32.8 Å². The monoisotopic (exact) mass is 368 g/mol. The molecule has 0 N–H and O–H groups in total. The summed E-state index contributed by atoms with van der Waals surface area (Å²) in [7, 11) is 0. The fourth-order valence-corrected chi connectivity index (χ4v) is 4.65. The molecule has 5 heteroatoms. The van der Waals surface area contributed by atoms with Crippen molar-refractivity contribution in [2.75, 3.05) is 25.4 Å². The summed E-state index contributed by atoms with van der Waals surface area (Å²) in [4.78, 5) is 18.6. The summed E-state index contributed by atoms with van der Waals surface area (Å²) in [5.41, 5.74) is 1.32. The van der Waals surface area contributed by atoms with E-state index in [1.165, 1.54) is 5.56 Å². The molecule has 26 heavy (non-hydrogen) atoms. The molecule has 0 radical (unpaired) electrons. The molecular formula is C21H24N2O2S. The lowest BCUT2D eigenvalue weighted by Crippen LogP contribution is -2.57. The molecule has 1 fully saturated rings. The summed E-state index contributed by atoms with van der Waals surface area (Å²) in [5.74, 6) is 1.64. The van der Waals surface area contributed by atoms with E-state index in [0.717, 1.165) is 36.8 Å². The second kappa shape index (κ2) is 7.72. The Balaban J connectivity index is 1.36. The SMILES string of the molecule is CC1CN(Cc2ccccc2)CCN1C(=O)C1CSc2ccccc2O1. The first-order valence-electron chi connectivity index (χ1n) is 9.16. The third kappa shape index (κ3) is 3.74. The molecule has 2 aromatic rings. The highest BCUT2D eigenvalue weighted by Gasteiger charge is 2.35. The number of carbonyl (C=O) groups excluding carboxylic acids is 1. The van der Waals surface area contributed by atoms with Crippen LogP contribution in [0.1, 0.15) is 12.5 Å². The van der Waals surface area contributed by atoms with E-state index in [-0.39, 0.29) is 18.1 Å². The van der Waals surface area contributed by atoms with Crippen molar-refractivity contribution in [2.24, 2.45) is 0 Å². The lowest BCUT2D eigenvalue weighted by molar-refractivity contribution is -0.142. The summed E-state index contributed by atoms with van der Waals surface area (Å²) < 4.78 is 5.99. The molecule has 2 aliphatic rings. The third-order valence-electron chi connectivity index (χ3n) is 5.03. The highest BCUT2D eigenvalue weighted by molar-refractivity contribution is 7.99. The van der Waals surface area contributed by atoms with Gasteiger partial charge in [0.1, 0.15) is 5.75 Å². The molecule has 4 rings (SSSR count). The van der Waals surface area contributed by atoms with Crippen LogP contribution < -0.4 is 4.74 Å². The van der Waals surface area contributed by atoms with Crippen LogP contribution >= 0.6 is 11.8 Å². The standard InChI is InChI=1S/C21H24N2O2S/c1-16-13-22(14-17-7-3-2-4-8-17)11-12-23(16)21(24)19-15-26-20-10-6-5-9-18(20)25-19/h2-10,16,19H,11-15H2,1H3. The average Bonchev–Trinajstić information content (AvgIpc) is 2.68. The van der Waals surface area contributed by atoms with Crippen molar-refractivity contribution in [2.45, 2.75) is 30.5 Å². The van der Waals surface area contributed by atoms with Gasteiger partial charge in [0.05, 0.1) is 0 Å². The molecule has 2 aliphatic heterocycles. The van der Waals surface area contributed by atoms with Crippen LogP contribution in [0.15, 0.2) is 59.5 Å². The second-order valence-corrected chi connectivity index (χ2v) is 8.03. The summed E-state index contributed by atoms with van der Waals surface area (Å²) in [6.07, 6.45) is -0.377. The number of hydrogen-bond acceptors (Lipinski definition) is 4. The number of ether oxygens (including phenoxy) is 1. The minimum absolute atomic E-state index is 0.124. The molecule has 0 aliphatic carbocycles. The van der Waals surface area contributed by atoms with Gasteiger partial charge in [0.2, 0.25) is 0 Å². The minimum Gasteiger partial charge on any atom is -0.479 e. The molecule has 4 nitrogen and oxygen atoms in total. The van der Waals surface area contributed by atoms with E-state index < -0.39 is 0 Å². The Morgan fingerprint density at radius 1 is 1.12 bits per heavy atom. The van der Waals surface area contributed by atoms with Gasteiger partial charge in [-0.3, -0.25) is 9.69 Å². The largest absolute Gasteiger partial charge is 0.479 e. The predicted molar refractivity (Wildman–Crippen MR) is 104 cm³/mol.